The van der Waals surface area contributed by atoms with Crippen molar-refractivity contribution in [3.05, 3.63) is 18.0 Å². The number of aryl methyl sites for hydroxylation is 1. The van der Waals surface area contributed by atoms with Gasteiger partial charge in [0, 0.05) is 6.54 Å². The van der Waals surface area contributed by atoms with Crippen LogP contribution in [-0.2, 0) is 11.3 Å². The van der Waals surface area contributed by atoms with Crippen LogP contribution < -0.4 is 0 Å². The Kier molecular flexibility index (Phi) is 3.00. The number of halogens is 1. The Morgan fingerprint density at radius 2 is 2.38 bits per heavy atom. The molecule has 0 aliphatic carbocycles. The standard InChI is InChI=1S/C8H11FN2O2/c1-3-11-5-10-7(9)6(11)8(12)13-4-2/h5H,3-4H2,1-2H3. The molecule has 0 aliphatic rings. The smallest absolute Gasteiger partial charge is 0.359 e. The van der Waals surface area contributed by atoms with E-state index in [0.29, 0.717) is 6.54 Å². The largest absolute Gasteiger partial charge is 0.461 e. The van der Waals surface area contributed by atoms with Gasteiger partial charge in [-0.15, -0.1) is 0 Å². The van der Waals surface area contributed by atoms with Crippen molar-refractivity contribution < 1.29 is 13.9 Å². The highest BCUT2D eigenvalue weighted by Crippen LogP contribution is 2.07. The van der Waals surface area contributed by atoms with Gasteiger partial charge in [-0.25, -0.2) is 9.78 Å². The number of hydrogen-bond acceptors (Lipinski definition) is 3. The number of carbonyl (C=O) groups excluding carboxylic acids is 1. The summed E-state index contributed by atoms with van der Waals surface area (Å²) in [7, 11) is 0. The third kappa shape index (κ3) is 1.85. The lowest BCUT2D eigenvalue weighted by Gasteiger charge is -2.03. The van der Waals surface area contributed by atoms with E-state index in [1.54, 1.807) is 13.8 Å². The molecule has 0 aromatic carbocycles. The molecule has 0 spiro atoms. The lowest BCUT2D eigenvalue weighted by Crippen LogP contribution is -2.12. The first-order valence-corrected chi connectivity index (χ1v) is 4.08. The molecule has 0 amide bonds. The zero-order valence-electron chi connectivity index (χ0n) is 7.58. The van der Waals surface area contributed by atoms with Crippen LogP contribution in [0.15, 0.2) is 6.33 Å². The molecule has 0 saturated carbocycles. The number of aromatic nitrogens is 2. The number of nitrogens with zero attached hydrogens (tertiary/aromatic N) is 2. The summed E-state index contributed by atoms with van der Waals surface area (Å²) in [5.74, 6) is -1.44. The van der Waals surface area contributed by atoms with Gasteiger partial charge in [-0.1, -0.05) is 0 Å². The summed E-state index contributed by atoms with van der Waals surface area (Å²) in [6.45, 7) is 4.19. The van der Waals surface area contributed by atoms with Crippen molar-refractivity contribution in [2.45, 2.75) is 20.4 Å². The molecule has 1 heterocycles. The van der Waals surface area contributed by atoms with Crippen molar-refractivity contribution in [1.82, 2.24) is 9.55 Å². The van der Waals surface area contributed by atoms with Crippen molar-refractivity contribution in [2.75, 3.05) is 6.61 Å². The average Bonchev–Trinajstić information content (AvgIpc) is 2.47. The SMILES string of the molecule is CCOC(=O)c1c(F)ncn1CC. The number of carbonyl (C=O) groups is 1. The summed E-state index contributed by atoms with van der Waals surface area (Å²) in [5.41, 5.74) is -0.107. The zero-order valence-corrected chi connectivity index (χ0v) is 7.58. The first-order valence-electron chi connectivity index (χ1n) is 4.08. The maximum Gasteiger partial charge on any atom is 0.359 e. The summed E-state index contributed by atoms with van der Waals surface area (Å²) >= 11 is 0. The van der Waals surface area contributed by atoms with Gasteiger partial charge in [0.15, 0.2) is 5.69 Å². The molecule has 5 heteroatoms. The maximum atomic E-state index is 12.9. The van der Waals surface area contributed by atoms with Gasteiger partial charge in [-0.2, -0.15) is 4.39 Å². The van der Waals surface area contributed by atoms with Crippen LogP contribution in [0.1, 0.15) is 24.3 Å². The van der Waals surface area contributed by atoms with E-state index in [2.05, 4.69) is 9.72 Å². The Morgan fingerprint density at radius 3 is 2.92 bits per heavy atom. The van der Waals surface area contributed by atoms with Gasteiger partial charge in [0.05, 0.1) is 12.9 Å². The fraction of sp³-hybridized carbons (Fsp3) is 0.500. The third-order valence-electron chi connectivity index (χ3n) is 1.60. The van der Waals surface area contributed by atoms with E-state index in [4.69, 9.17) is 0 Å². The Bertz CT molecular complexity index is 309. The van der Waals surface area contributed by atoms with Crippen molar-refractivity contribution in [1.29, 1.82) is 0 Å². The molecule has 0 radical (unpaired) electrons. The minimum Gasteiger partial charge on any atom is -0.461 e. The average molecular weight is 186 g/mol. The molecule has 0 N–H and O–H groups in total. The minimum atomic E-state index is -0.778. The highest BCUT2D eigenvalue weighted by Gasteiger charge is 2.18. The Hall–Kier alpha value is -1.39. The zero-order chi connectivity index (χ0) is 9.84. The predicted octanol–water partition coefficient (Wildman–Crippen LogP) is 1.22. The van der Waals surface area contributed by atoms with Crippen LogP contribution >= 0.6 is 0 Å². The van der Waals surface area contributed by atoms with Crippen molar-refractivity contribution in [3.8, 4) is 0 Å². The van der Waals surface area contributed by atoms with Crippen molar-refractivity contribution in [3.63, 3.8) is 0 Å². The number of imidazole rings is 1. The third-order valence-corrected chi connectivity index (χ3v) is 1.60. The van der Waals surface area contributed by atoms with E-state index in [9.17, 15) is 9.18 Å². The summed E-state index contributed by atoms with van der Waals surface area (Å²) in [5, 5.41) is 0. The van der Waals surface area contributed by atoms with Crippen molar-refractivity contribution >= 4 is 5.97 Å². The van der Waals surface area contributed by atoms with Gasteiger partial charge in [-0.3, -0.25) is 0 Å². The van der Waals surface area contributed by atoms with E-state index < -0.39 is 11.9 Å². The molecular formula is C8H11FN2O2. The normalized spacial score (nSPS) is 10.1. The predicted molar refractivity (Wildman–Crippen MR) is 43.8 cm³/mol. The van der Waals surface area contributed by atoms with Crippen molar-refractivity contribution in [2.24, 2.45) is 0 Å². The topological polar surface area (TPSA) is 44.1 Å². The van der Waals surface area contributed by atoms with E-state index in [1.165, 1.54) is 10.9 Å². The quantitative estimate of drug-likeness (QED) is 0.666. The fourth-order valence-electron chi connectivity index (χ4n) is 0.998. The van der Waals surface area contributed by atoms with Gasteiger partial charge in [0.2, 0.25) is 5.95 Å². The molecule has 0 bridgehead atoms. The molecule has 0 fully saturated rings. The number of rotatable bonds is 3. The van der Waals surface area contributed by atoms with Gasteiger partial charge in [-0.05, 0) is 13.8 Å². The summed E-state index contributed by atoms with van der Waals surface area (Å²) in [4.78, 5) is 14.6. The van der Waals surface area contributed by atoms with E-state index in [1.807, 2.05) is 0 Å². The maximum absolute atomic E-state index is 12.9. The van der Waals surface area contributed by atoms with Gasteiger partial charge >= 0.3 is 5.97 Å². The number of ether oxygens (including phenoxy) is 1. The second-order valence-electron chi connectivity index (χ2n) is 2.39. The van der Waals surface area contributed by atoms with Crippen LogP contribution in [0.4, 0.5) is 4.39 Å². The molecule has 1 aromatic heterocycles. The Morgan fingerprint density at radius 1 is 1.69 bits per heavy atom. The molecule has 1 rings (SSSR count). The van der Waals surface area contributed by atoms with Gasteiger partial charge < -0.3 is 9.30 Å². The van der Waals surface area contributed by atoms with Crippen LogP contribution in [0.2, 0.25) is 0 Å². The lowest BCUT2D eigenvalue weighted by molar-refractivity contribution is 0.0508. The highest BCUT2D eigenvalue weighted by atomic mass is 19.1. The number of esters is 1. The van der Waals surface area contributed by atoms with Gasteiger partial charge in [0.1, 0.15) is 0 Å². The molecule has 72 valence electrons. The van der Waals surface area contributed by atoms with E-state index >= 15 is 0 Å². The molecular weight excluding hydrogens is 175 g/mol. The van der Waals surface area contributed by atoms with Crippen LogP contribution in [-0.4, -0.2) is 22.1 Å². The van der Waals surface area contributed by atoms with E-state index in [0.717, 1.165) is 0 Å². The first kappa shape index (κ1) is 9.70. The fourth-order valence-corrected chi connectivity index (χ4v) is 0.998. The molecule has 4 nitrogen and oxygen atoms in total. The molecule has 0 atom stereocenters. The van der Waals surface area contributed by atoms with E-state index in [-0.39, 0.29) is 12.3 Å². The molecule has 0 unspecified atom stereocenters. The monoisotopic (exact) mass is 186 g/mol. The molecule has 13 heavy (non-hydrogen) atoms. The Labute approximate surface area is 75.3 Å². The lowest BCUT2D eigenvalue weighted by atomic mass is 10.4. The molecule has 1 aromatic rings. The highest BCUT2D eigenvalue weighted by molar-refractivity contribution is 5.87. The van der Waals surface area contributed by atoms with Crippen LogP contribution in [0.3, 0.4) is 0 Å². The second-order valence-corrected chi connectivity index (χ2v) is 2.39. The molecule has 0 aliphatic heterocycles. The summed E-state index contributed by atoms with van der Waals surface area (Å²) < 4.78 is 19.0. The Balaban J connectivity index is 2.96. The minimum absolute atomic E-state index is 0.107. The molecule has 0 saturated heterocycles. The number of hydrogen-bond donors (Lipinski definition) is 0. The summed E-state index contributed by atoms with van der Waals surface area (Å²) in [6, 6.07) is 0. The first-order chi connectivity index (χ1) is 6.20. The van der Waals surface area contributed by atoms with Crippen LogP contribution in [0.5, 0.6) is 0 Å². The van der Waals surface area contributed by atoms with Crippen LogP contribution in [0, 0.1) is 5.95 Å². The summed E-state index contributed by atoms with van der Waals surface area (Å²) in [6.07, 6.45) is 1.28. The van der Waals surface area contributed by atoms with Crippen LogP contribution in [0.25, 0.3) is 0 Å². The van der Waals surface area contributed by atoms with Gasteiger partial charge in [0.25, 0.3) is 0 Å². The second kappa shape index (κ2) is 4.02.